The number of halogens is 1. The quantitative estimate of drug-likeness (QED) is 0.514. The molecule has 2 heterocycles. The van der Waals surface area contributed by atoms with E-state index >= 15 is 0 Å². The van der Waals surface area contributed by atoms with Gasteiger partial charge in [0.1, 0.15) is 0 Å². The first-order valence-electron chi connectivity index (χ1n) is 7.60. The maximum Gasteiger partial charge on any atom is 0.323 e. The number of hydrogen-bond acceptors (Lipinski definition) is 3. The fourth-order valence-corrected chi connectivity index (χ4v) is 2.96. The Morgan fingerprint density at radius 2 is 1.88 bits per heavy atom. The molecule has 3 N–H and O–H groups in total. The molecule has 1 amide bonds. The number of carbonyl (C=O) groups excluding carboxylic acids is 1. The summed E-state index contributed by atoms with van der Waals surface area (Å²) in [4.78, 5) is 33.7. The van der Waals surface area contributed by atoms with Crippen LogP contribution in [0.4, 0.5) is 5.69 Å². The maximum atomic E-state index is 12.6. The van der Waals surface area contributed by atoms with Crippen LogP contribution in [-0.2, 0) is 0 Å². The first kappa shape index (κ1) is 15.4. The molecular formula is C18H13ClN4O2. The number of carbonyl (C=O) groups is 1. The molecule has 0 spiro atoms. The summed E-state index contributed by atoms with van der Waals surface area (Å²) in [6.07, 6.45) is 0. The third-order valence-corrected chi connectivity index (χ3v) is 4.22. The maximum absolute atomic E-state index is 12.6. The van der Waals surface area contributed by atoms with Crippen molar-refractivity contribution in [2.24, 2.45) is 0 Å². The van der Waals surface area contributed by atoms with E-state index in [1.54, 1.807) is 43.3 Å². The number of H-pyrrole nitrogens is 2. The van der Waals surface area contributed by atoms with Gasteiger partial charge in [-0.25, -0.2) is 4.79 Å². The molecule has 0 radical (unpaired) electrons. The van der Waals surface area contributed by atoms with E-state index in [0.717, 1.165) is 10.9 Å². The fourth-order valence-electron chi connectivity index (χ4n) is 2.78. The van der Waals surface area contributed by atoms with Gasteiger partial charge in [0, 0.05) is 16.1 Å². The Balaban J connectivity index is 1.70. The first-order chi connectivity index (χ1) is 12.0. The van der Waals surface area contributed by atoms with Gasteiger partial charge in [-0.2, -0.15) is 0 Å². The minimum atomic E-state index is -0.287. The lowest BCUT2D eigenvalue weighted by molar-refractivity contribution is 0.102. The number of anilines is 1. The summed E-state index contributed by atoms with van der Waals surface area (Å²) in [5.74, 6) is -0.274. The summed E-state index contributed by atoms with van der Waals surface area (Å²) >= 11 is 6.02. The van der Waals surface area contributed by atoms with Crippen molar-refractivity contribution in [3.8, 4) is 0 Å². The van der Waals surface area contributed by atoms with Crippen molar-refractivity contribution in [1.29, 1.82) is 0 Å². The third-order valence-electron chi connectivity index (χ3n) is 3.99. The largest absolute Gasteiger partial charge is 0.323 e. The van der Waals surface area contributed by atoms with E-state index in [2.05, 4.69) is 20.3 Å². The van der Waals surface area contributed by atoms with Crippen molar-refractivity contribution in [3.63, 3.8) is 0 Å². The van der Waals surface area contributed by atoms with E-state index in [9.17, 15) is 9.59 Å². The summed E-state index contributed by atoms with van der Waals surface area (Å²) in [5.41, 5.74) is 3.48. The highest BCUT2D eigenvalue weighted by Crippen LogP contribution is 2.22. The van der Waals surface area contributed by atoms with Crippen molar-refractivity contribution in [2.45, 2.75) is 6.92 Å². The third kappa shape index (κ3) is 2.88. The van der Waals surface area contributed by atoms with Gasteiger partial charge in [-0.15, -0.1) is 0 Å². The van der Waals surface area contributed by atoms with E-state index < -0.39 is 0 Å². The fraction of sp³-hybridized carbons (Fsp3) is 0.0556. The van der Waals surface area contributed by atoms with E-state index in [-0.39, 0.29) is 11.6 Å². The van der Waals surface area contributed by atoms with Crippen molar-refractivity contribution in [1.82, 2.24) is 15.0 Å². The molecule has 7 heteroatoms. The summed E-state index contributed by atoms with van der Waals surface area (Å²) in [5, 5.41) is 4.22. The molecule has 0 unspecified atom stereocenters. The van der Waals surface area contributed by atoms with Crippen LogP contribution in [0.3, 0.4) is 0 Å². The number of aromatic amines is 2. The Kier molecular flexibility index (Phi) is 3.54. The molecule has 6 nitrogen and oxygen atoms in total. The lowest BCUT2D eigenvalue weighted by Crippen LogP contribution is -2.14. The number of fused-ring (bicyclic) bond motifs is 2. The molecular weight excluding hydrogens is 340 g/mol. The summed E-state index contributed by atoms with van der Waals surface area (Å²) in [6, 6.07) is 12.3. The number of nitrogens with zero attached hydrogens (tertiary/aromatic N) is 1. The molecule has 4 aromatic rings. The highest BCUT2D eigenvalue weighted by molar-refractivity contribution is 6.31. The smallest absolute Gasteiger partial charge is 0.322 e. The summed E-state index contributed by atoms with van der Waals surface area (Å²) in [6.45, 7) is 1.79. The van der Waals surface area contributed by atoms with Crippen molar-refractivity contribution < 1.29 is 4.79 Å². The second-order valence-electron chi connectivity index (χ2n) is 5.75. The Bertz CT molecular complexity index is 1190. The molecule has 4 rings (SSSR count). The molecule has 0 aliphatic rings. The van der Waals surface area contributed by atoms with Crippen LogP contribution in [0, 0.1) is 6.92 Å². The van der Waals surface area contributed by atoms with Gasteiger partial charge in [0.2, 0.25) is 0 Å². The molecule has 0 bridgehead atoms. The molecule has 0 atom stereocenters. The molecule has 0 aliphatic heterocycles. The highest BCUT2D eigenvalue weighted by Gasteiger charge is 2.13. The lowest BCUT2D eigenvalue weighted by atomic mass is 10.1. The van der Waals surface area contributed by atoms with Crippen molar-refractivity contribution in [3.05, 3.63) is 69.2 Å². The molecule has 124 valence electrons. The number of imidazole rings is 1. The Morgan fingerprint density at radius 1 is 1.08 bits per heavy atom. The minimum absolute atomic E-state index is 0.274. The molecule has 0 saturated carbocycles. The standard InChI is InChI=1S/C18H13ClN4O2/c1-9-13(7-10-6-11(19)2-4-14(10)20-9)17(24)21-12-3-5-15-16(8-12)23-18(25)22-15/h2-8H,1H3,(H,21,24)(H2,22,23,25). The topological polar surface area (TPSA) is 90.6 Å². The van der Waals surface area contributed by atoms with Crippen LogP contribution < -0.4 is 11.0 Å². The van der Waals surface area contributed by atoms with Crippen LogP contribution >= 0.6 is 11.6 Å². The van der Waals surface area contributed by atoms with Gasteiger partial charge >= 0.3 is 5.69 Å². The molecule has 0 fully saturated rings. The lowest BCUT2D eigenvalue weighted by Gasteiger charge is -2.09. The second kappa shape index (κ2) is 5.75. The van der Waals surface area contributed by atoms with Gasteiger partial charge in [-0.1, -0.05) is 11.6 Å². The van der Waals surface area contributed by atoms with Crippen LogP contribution in [0.1, 0.15) is 16.1 Å². The van der Waals surface area contributed by atoms with E-state index in [4.69, 9.17) is 11.6 Å². The van der Waals surface area contributed by atoms with Crippen LogP contribution in [-0.4, -0.2) is 20.9 Å². The normalized spacial score (nSPS) is 11.1. The van der Waals surface area contributed by atoms with Gasteiger partial charge in [-0.05, 0) is 49.4 Å². The predicted molar refractivity (Wildman–Crippen MR) is 98.4 cm³/mol. The number of aryl methyl sites for hydroxylation is 1. The zero-order valence-electron chi connectivity index (χ0n) is 13.2. The Morgan fingerprint density at radius 3 is 2.72 bits per heavy atom. The van der Waals surface area contributed by atoms with Crippen LogP contribution in [0.5, 0.6) is 0 Å². The number of rotatable bonds is 2. The number of pyridine rings is 1. The molecule has 0 aliphatic carbocycles. The zero-order valence-corrected chi connectivity index (χ0v) is 13.9. The monoisotopic (exact) mass is 352 g/mol. The molecule has 0 saturated heterocycles. The first-order valence-corrected chi connectivity index (χ1v) is 7.98. The molecule has 25 heavy (non-hydrogen) atoms. The second-order valence-corrected chi connectivity index (χ2v) is 6.19. The number of aromatic nitrogens is 3. The zero-order chi connectivity index (χ0) is 17.6. The highest BCUT2D eigenvalue weighted by atomic mass is 35.5. The van der Waals surface area contributed by atoms with Crippen molar-refractivity contribution >= 4 is 45.1 Å². The summed E-state index contributed by atoms with van der Waals surface area (Å²) < 4.78 is 0. The van der Waals surface area contributed by atoms with E-state index in [0.29, 0.717) is 33.0 Å². The minimum Gasteiger partial charge on any atom is -0.322 e. The van der Waals surface area contributed by atoms with Gasteiger partial charge < -0.3 is 15.3 Å². The van der Waals surface area contributed by atoms with Gasteiger partial charge in [0.25, 0.3) is 5.91 Å². The predicted octanol–water partition coefficient (Wildman–Crippen LogP) is 3.62. The number of benzene rings is 2. The Hall–Kier alpha value is -3.12. The molecule has 2 aromatic heterocycles. The van der Waals surface area contributed by atoms with Gasteiger partial charge in [0.15, 0.2) is 0 Å². The van der Waals surface area contributed by atoms with Crippen molar-refractivity contribution in [2.75, 3.05) is 5.32 Å². The van der Waals surface area contributed by atoms with Crippen LogP contribution in [0.25, 0.3) is 21.9 Å². The molecule has 2 aromatic carbocycles. The van der Waals surface area contributed by atoms with Crippen LogP contribution in [0.15, 0.2) is 47.3 Å². The van der Waals surface area contributed by atoms with Gasteiger partial charge in [-0.3, -0.25) is 9.78 Å². The Labute approximate surface area is 146 Å². The van der Waals surface area contributed by atoms with Gasteiger partial charge in [0.05, 0.1) is 27.8 Å². The number of amides is 1. The average Bonchev–Trinajstić information content (AvgIpc) is 2.93. The van der Waals surface area contributed by atoms with E-state index in [1.807, 2.05) is 6.07 Å². The van der Waals surface area contributed by atoms with E-state index in [1.165, 1.54) is 0 Å². The average molecular weight is 353 g/mol. The van der Waals surface area contributed by atoms with Crippen LogP contribution in [0.2, 0.25) is 5.02 Å². The number of hydrogen-bond donors (Lipinski definition) is 3. The SMILES string of the molecule is Cc1nc2ccc(Cl)cc2cc1C(=O)Nc1ccc2[nH]c(=O)[nH]c2c1. The number of nitrogens with one attached hydrogen (secondary N) is 3. The summed E-state index contributed by atoms with van der Waals surface area (Å²) in [7, 11) is 0.